The van der Waals surface area contributed by atoms with E-state index in [1.807, 2.05) is 12.1 Å². The van der Waals surface area contributed by atoms with Crippen molar-refractivity contribution >= 4 is 39.6 Å². The molecule has 0 radical (unpaired) electrons. The Morgan fingerprint density at radius 2 is 2.12 bits per heavy atom. The molecule has 0 aliphatic carbocycles. The molecule has 0 N–H and O–H groups in total. The molecule has 3 rings (SSSR count). The lowest BCUT2D eigenvalue weighted by molar-refractivity contribution is -0.140. The average molecular weight is 355 g/mol. The number of fused-ring (bicyclic) bond motifs is 1. The number of carbonyl (C=O) groups is 2. The predicted molar refractivity (Wildman–Crippen MR) is 94.7 cm³/mol. The number of hydrogen-bond donors (Lipinski definition) is 0. The van der Waals surface area contributed by atoms with Gasteiger partial charge in [0.15, 0.2) is 0 Å². The van der Waals surface area contributed by atoms with Gasteiger partial charge >= 0.3 is 0 Å². The predicted octanol–water partition coefficient (Wildman–Crippen LogP) is 3.62. The fraction of sp³-hybridized carbons (Fsp3) is 0.333. The lowest BCUT2D eigenvalue weighted by atomic mass is 9.95. The van der Waals surface area contributed by atoms with Crippen molar-refractivity contribution in [2.24, 2.45) is 0 Å². The number of aromatic nitrogens is 1. The quantitative estimate of drug-likeness (QED) is 0.620. The van der Waals surface area contributed by atoms with Crippen molar-refractivity contribution in [1.29, 1.82) is 5.26 Å². The maximum atomic E-state index is 12.6. The van der Waals surface area contributed by atoms with Crippen LogP contribution in [0.1, 0.15) is 44.4 Å². The number of carbonyl (C=O) groups excluding carboxylic acids is 2. The van der Waals surface area contributed by atoms with Crippen molar-refractivity contribution in [3.05, 3.63) is 33.6 Å². The molecule has 2 amide bonds. The van der Waals surface area contributed by atoms with Crippen LogP contribution in [-0.4, -0.2) is 28.2 Å². The van der Waals surface area contributed by atoms with Gasteiger partial charge in [-0.1, -0.05) is 13.8 Å². The Bertz CT molecular complexity index is 954. The molecule has 0 saturated carbocycles. The molecule has 3 heterocycles. The number of rotatable bonds is 3. The van der Waals surface area contributed by atoms with Gasteiger partial charge in [0.2, 0.25) is 5.71 Å². The van der Waals surface area contributed by atoms with E-state index >= 15 is 0 Å². The fourth-order valence-electron chi connectivity index (χ4n) is 2.65. The first-order chi connectivity index (χ1) is 11.9. The van der Waals surface area contributed by atoms with Crippen LogP contribution in [0.3, 0.4) is 0 Å². The second kappa shape index (κ2) is 6.30. The van der Waals surface area contributed by atoms with Crippen LogP contribution in [-0.2, 0) is 9.59 Å². The lowest BCUT2D eigenvalue weighted by Crippen LogP contribution is -2.42. The van der Waals surface area contributed by atoms with E-state index < -0.39 is 11.8 Å². The maximum Gasteiger partial charge on any atom is 0.271 e. The van der Waals surface area contributed by atoms with Gasteiger partial charge in [0.25, 0.3) is 11.8 Å². The molecule has 128 valence electrons. The highest BCUT2D eigenvalue weighted by atomic mass is 32.1. The van der Waals surface area contributed by atoms with Crippen LogP contribution in [0.2, 0.25) is 0 Å². The SMILES string of the molecule is CCN1C(=O)C(C#N)=C(C)/C(=C/c2cc3sc(C(C)C)nc3o2)C1=O. The van der Waals surface area contributed by atoms with Crippen LogP contribution in [0.25, 0.3) is 16.5 Å². The molecular weight excluding hydrogens is 338 g/mol. The molecule has 1 aliphatic heterocycles. The van der Waals surface area contributed by atoms with E-state index in [0.29, 0.717) is 28.5 Å². The number of nitriles is 1. The first kappa shape index (κ1) is 17.1. The highest BCUT2D eigenvalue weighted by molar-refractivity contribution is 7.18. The minimum absolute atomic E-state index is 0.0127. The first-order valence-corrected chi connectivity index (χ1v) is 8.78. The number of amides is 2. The summed E-state index contributed by atoms with van der Waals surface area (Å²) in [5, 5.41) is 10.2. The van der Waals surface area contributed by atoms with E-state index in [1.54, 1.807) is 31.3 Å². The third-order valence-electron chi connectivity index (χ3n) is 4.05. The van der Waals surface area contributed by atoms with Crippen molar-refractivity contribution < 1.29 is 14.0 Å². The van der Waals surface area contributed by atoms with Crippen molar-refractivity contribution in [3.8, 4) is 6.07 Å². The van der Waals surface area contributed by atoms with Crippen LogP contribution in [0.15, 0.2) is 27.2 Å². The fourth-order valence-corrected chi connectivity index (χ4v) is 3.59. The van der Waals surface area contributed by atoms with E-state index in [-0.39, 0.29) is 12.1 Å². The molecule has 0 fully saturated rings. The summed E-state index contributed by atoms with van der Waals surface area (Å²) in [5.74, 6) is -0.163. The number of hydrogen-bond acceptors (Lipinski definition) is 6. The van der Waals surface area contributed by atoms with Crippen LogP contribution >= 0.6 is 11.3 Å². The van der Waals surface area contributed by atoms with Crippen LogP contribution < -0.4 is 0 Å². The van der Waals surface area contributed by atoms with Gasteiger partial charge in [0.05, 0.1) is 9.71 Å². The Labute approximate surface area is 149 Å². The van der Waals surface area contributed by atoms with Gasteiger partial charge in [0.1, 0.15) is 17.4 Å². The molecule has 7 heteroatoms. The Morgan fingerprint density at radius 3 is 2.68 bits per heavy atom. The van der Waals surface area contributed by atoms with Crippen molar-refractivity contribution in [3.63, 3.8) is 0 Å². The third-order valence-corrected chi connectivity index (χ3v) is 5.33. The summed E-state index contributed by atoms with van der Waals surface area (Å²) < 4.78 is 6.63. The van der Waals surface area contributed by atoms with E-state index in [4.69, 9.17) is 4.42 Å². The van der Waals surface area contributed by atoms with Gasteiger partial charge in [-0.05, 0) is 25.5 Å². The maximum absolute atomic E-state index is 12.6. The van der Waals surface area contributed by atoms with E-state index in [9.17, 15) is 14.9 Å². The topological polar surface area (TPSA) is 87.2 Å². The zero-order valence-electron chi connectivity index (χ0n) is 14.4. The second-order valence-corrected chi connectivity index (χ2v) is 7.11. The van der Waals surface area contributed by atoms with Crippen LogP contribution in [0.4, 0.5) is 0 Å². The van der Waals surface area contributed by atoms with Gasteiger partial charge in [-0.2, -0.15) is 5.26 Å². The number of nitrogens with zero attached hydrogens (tertiary/aromatic N) is 3. The molecule has 0 atom stereocenters. The van der Waals surface area contributed by atoms with Crippen LogP contribution in [0.5, 0.6) is 0 Å². The Morgan fingerprint density at radius 1 is 1.40 bits per heavy atom. The summed E-state index contributed by atoms with van der Waals surface area (Å²) in [4.78, 5) is 30.3. The van der Waals surface area contributed by atoms with Crippen LogP contribution in [0, 0.1) is 11.3 Å². The van der Waals surface area contributed by atoms with Gasteiger partial charge in [-0.15, -0.1) is 11.3 Å². The number of likely N-dealkylation sites (N-methyl/N-ethyl adjacent to an activating group) is 1. The normalized spacial score (nSPS) is 17.3. The zero-order chi connectivity index (χ0) is 18.3. The highest BCUT2D eigenvalue weighted by Gasteiger charge is 2.34. The molecule has 0 aromatic carbocycles. The Hall–Kier alpha value is -2.72. The minimum atomic E-state index is -0.548. The molecular formula is C18H17N3O3S. The number of thiazole rings is 1. The molecule has 2 aromatic heterocycles. The Balaban J connectivity index is 2.08. The van der Waals surface area contributed by atoms with Crippen molar-refractivity contribution in [2.45, 2.75) is 33.6 Å². The molecule has 0 saturated heterocycles. The Kier molecular flexibility index (Phi) is 4.31. The number of furan rings is 1. The zero-order valence-corrected chi connectivity index (χ0v) is 15.2. The second-order valence-electron chi connectivity index (χ2n) is 6.05. The molecule has 0 unspecified atom stereocenters. The number of imide groups is 1. The van der Waals surface area contributed by atoms with E-state index in [2.05, 4.69) is 18.8 Å². The summed E-state index contributed by atoms with van der Waals surface area (Å²) in [5.41, 5.74) is 1.19. The molecule has 1 aliphatic rings. The van der Waals surface area contributed by atoms with E-state index in [0.717, 1.165) is 14.6 Å². The van der Waals surface area contributed by atoms with Gasteiger partial charge in [0, 0.05) is 24.1 Å². The van der Waals surface area contributed by atoms with Crippen molar-refractivity contribution in [1.82, 2.24) is 9.88 Å². The summed E-state index contributed by atoms with van der Waals surface area (Å²) in [6.07, 6.45) is 1.58. The third kappa shape index (κ3) is 2.79. The first-order valence-electron chi connectivity index (χ1n) is 7.96. The standard InChI is InChI=1S/C18H17N3O3S/c1-5-21-17(22)12(10(4)13(8-19)18(21)23)6-11-7-14-15(24-11)20-16(25-14)9(2)3/h6-7,9H,5H2,1-4H3/b12-6-. The van der Waals surface area contributed by atoms with Gasteiger partial charge in [-0.25, -0.2) is 4.98 Å². The molecule has 2 aromatic rings. The lowest BCUT2D eigenvalue weighted by Gasteiger charge is -2.25. The molecule has 0 bridgehead atoms. The highest BCUT2D eigenvalue weighted by Crippen LogP contribution is 2.32. The van der Waals surface area contributed by atoms with Gasteiger partial charge < -0.3 is 4.42 Å². The largest absolute Gasteiger partial charge is 0.437 e. The average Bonchev–Trinajstić information content (AvgIpc) is 3.11. The van der Waals surface area contributed by atoms with Gasteiger partial charge in [-0.3, -0.25) is 14.5 Å². The summed E-state index contributed by atoms with van der Waals surface area (Å²) in [7, 11) is 0. The molecule has 0 spiro atoms. The minimum Gasteiger partial charge on any atom is -0.437 e. The summed E-state index contributed by atoms with van der Waals surface area (Å²) >= 11 is 1.55. The van der Waals surface area contributed by atoms with Crippen molar-refractivity contribution in [2.75, 3.05) is 6.54 Å². The monoisotopic (exact) mass is 355 g/mol. The summed E-state index contributed by atoms with van der Waals surface area (Å²) in [6.45, 7) is 7.64. The molecule has 25 heavy (non-hydrogen) atoms. The smallest absolute Gasteiger partial charge is 0.271 e. The summed E-state index contributed by atoms with van der Waals surface area (Å²) in [6, 6.07) is 3.72. The van der Waals surface area contributed by atoms with E-state index in [1.165, 1.54) is 0 Å². The molecule has 6 nitrogen and oxygen atoms in total.